The fraction of sp³-hybridized carbons (Fsp3) is 0.625. The number of rotatable bonds is 5. The minimum absolute atomic E-state index is 0.0686. The van der Waals surface area contributed by atoms with Crippen molar-refractivity contribution in [2.75, 3.05) is 19.6 Å². The highest BCUT2D eigenvalue weighted by molar-refractivity contribution is 5.42. The van der Waals surface area contributed by atoms with Crippen LogP contribution in [0.4, 0.5) is 5.69 Å². The second-order valence-electron chi connectivity index (χ2n) is 5.79. The first-order chi connectivity index (χ1) is 10.2. The minimum atomic E-state index is -0.266. The molecule has 1 fully saturated rings. The number of nitrogens with zero attached hydrogens (tertiary/aromatic N) is 2. The summed E-state index contributed by atoms with van der Waals surface area (Å²) in [5.41, 5.74) is 7.04. The molecule has 1 aromatic rings. The van der Waals surface area contributed by atoms with Gasteiger partial charge in [-0.2, -0.15) is 0 Å². The van der Waals surface area contributed by atoms with Crippen LogP contribution in [-0.2, 0) is 0 Å². The topological polar surface area (TPSA) is 72.4 Å². The van der Waals surface area contributed by atoms with Crippen LogP contribution in [0, 0.1) is 16.0 Å². The second kappa shape index (κ2) is 7.52. The van der Waals surface area contributed by atoms with Gasteiger partial charge in [0.1, 0.15) is 0 Å². The summed E-state index contributed by atoms with van der Waals surface area (Å²) in [6.07, 6.45) is 4.40. The summed E-state index contributed by atoms with van der Waals surface area (Å²) >= 11 is 0. The SMILES string of the molecule is CCCN1CCCCC(CN)C1c1ccccc1[N+](=O)[O-]. The Morgan fingerprint density at radius 1 is 1.38 bits per heavy atom. The van der Waals surface area contributed by atoms with E-state index in [1.807, 2.05) is 12.1 Å². The zero-order valence-corrected chi connectivity index (χ0v) is 12.7. The number of para-hydroxylation sites is 1. The van der Waals surface area contributed by atoms with Crippen molar-refractivity contribution in [2.45, 2.75) is 38.6 Å². The molecule has 2 unspecified atom stereocenters. The largest absolute Gasteiger partial charge is 0.330 e. The monoisotopic (exact) mass is 291 g/mol. The van der Waals surface area contributed by atoms with Crippen molar-refractivity contribution in [2.24, 2.45) is 11.7 Å². The Kier molecular flexibility index (Phi) is 5.70. The van der Waals surface area contributed by atoms with Crippen LogP contribution < -0.4 is 5.73 Å². The lowest BCUT2D eigenvalue weighted by molar-refractivity contribution is -0.386. The smallest absolute Gasteiger partial charge is 0.274 e. The first kappa shape index (κ1) is 15.9. The molecule has 5 heteroatoms. The van der Waals surface area contributed by atoms with Gasteiger partial charge in [0.2, 0.25) is 0 Å². The summed E-state index contributed by atoms with van der Waals surface area (Å²) in [6.45, 7) is 4.70. The summed E-state index contributed by atoms with van der Waals surface area (Å²) < 4.78 is 0. The predicted octanol–water partition coefficient (Wildman–Crippen LogP) is 3.11. The lowest BCUT2D eigenvalue weighted by Gasteiger charge is -2.34. The molecule has 1 aliphatic rings. The Balaban J connectivity index is 2.44. The molecule has 1 aromatic carbocycles. The predicted molar refractivity (Wildman–Crippen MR) is 84.1 cm³/mol. The Morgan fingerprint density at radius 3 is 2.81 bits per heavy atom. The molecule has 1 aliphatic heterocycles. The molecule has 1 heterocycles. The van der Waals surface area contributed by atoms with Crippen molar-refractivity contribution >= 4 is 5.69 Å². The van der Waals surface area contributed by atoms with Crippen molar-refractivity contribution in [1.29, 1.82) is 0 Å². The normalized spacial score (nSPS) is 23.7. The van der Waals surface area contributed by atoms with Gasteiger partial charge >= 0.3 is 0 Å². The first-order valence-corrected chi connectivity index (χ1v) is 7.86. The molecule has 2 atom stereocenters. The van der Waals surface area contributed by atoms with Crippen molar-refractivity contribution in [3.05, 3.63) is 39.9 Å². The average molecular weight is 291 g/mol. The maximum Gasteiger partial charge on any atom is 0.274 e. The van der Waals surface area contributed by atoms with Gasteiger partial charge in [0.05, 0.1) is 4.92 Å². The van der Waals surface area contributed by atoms with Crippen molar-refractivity contribution in [3.8, 4) is 0 Å². The van der Waals surface area contributed by atoms with Crippen molar-refractivity contribution in [1.82, 2.24) is 4.90 Å². The number of nitro groups is 1. The van der Waals surface area contributed by atoms with Gasteiger partial charge in [-0.1, -0.05) is 31.5 Å². The molecule has 5 nitrogen and oxygen atoms in total. The molecule has 0 spiro atoms. The summed E-state index contributed by atoms with van der Waals surface area (Å²) in [7, 11) is 0. The number of nitrogens with two attached hydrogens (primary N) is 1. The summed E-state index contributed by atoms with van der Waals surface area (Å²) in [4.78, 5) is 13.5. The molecule has 116 valence electrons. The molecule has 2 rings (SSSR count). The highest BCUT2D eigenvalue weighted by Crippen LogP contribution is 2.38. The quantitative estimate of drug-likeness (QED) is 0.668. The maximum atomic E-state index is 11.4. The van der Waals surface area contributed by atoms with Crippen LogP contribution in [0.5, 0.6) is 0 Å². The Morgan fingerprint density at radius 2 is 2.14 bits per heavy atom. The highest BCUT2D eigenvalue weighted by atomic mass is 16.6. The van der Waals surface area contributed by atoms with Crippen LogP contribution in [0.25, 0.3) is 0 Å². The second-order valence-corrected chi connectivity index (χ2v) is 5.79. The van der Waals surface area contributed by atoms with Gasteiger partial charge in [-0.25, -0.2) is 0 Å². The zero-order chi connectivity index (χ0) is 15.2. The van der Waals surface area contributed by atoms with Gasteiger partial charge in [0.25, 0.3) is 5.69 Å². The Labute approximate surface area is 126 Å². The van der Waals surface area contributed by atoms with E-state index in [0.717, 1.165) is 44.3 Å². The molecule has 0 saturated carbocycles. The average Bonchev–Trinajstić information content (AvgIpc) is 2.69. The molecule has 21 heavy (non-hydrogen) atoms. The van der Waals surface area contributed by atoms with E-state index < -0.39 is 0 Å². The number of benzene rings is 1. The van der Waals surface area contributed by atoms with Gasteiger partial charge < -0.3 is 5.73 Å². The number of likely N-dealkylation sites (tertiary alicyclic amines) is 1. The number of hydrogen-bond donors (Lipinski definition) is 1. The number of nitro benzene ring substituents is 1. The van der Waals surface area contributed by atoms with Crippen LogP contribution >= 0.6 is 0 Å². The molecular weight excluding hydrogens is 266 g/mol. The minimum Gasteiger partial charge on any atom is -0.330 e. The van der Waals surface area contributed by atoms with Gasteiger partial charge in [-0.3, -0.25) is 15.0 Å². The Hall–Kier alpha value is -1.46. The lowest BCUT2D eigenvalue weighted by atomic mass is 9.88. The van der Waals surface area contributed by atoms with Crippen LogP contribution in [0.1, 0.15) is 44.2 Å². The molecule has 0 bridgehead atoms. The number of hydrogen-bond acceptors (Lipinski definition) is 4. The molecule has 0 radical (unpaired) electrons. The van der Waals surface area contributed by atoms with E-state index in [1.165, 1.54) is 0 Å². The standard InChI is InChI=1S/C16H25N3O2/c1-2-10-18-11-6-5-7-13(12-17)16(18)14-8-3-4-9-15(14)19(20)21/h3-4,8-9,13,16H,2,5-7,10-12,17H2,1H3. The van der Waals surface area contributed by atoms with Crippen molar-refractivity contribution < 1.29 is 4.92 Å². The third-order valence-corrected chi connectivity index (χ3v) is 4.38. The fourth-order valence-electron chi connectivity index (χ4n) is 3.46. The van der Waals surface area contributed by atoms with E-state index in [2.05, 4.69) is 11.8 Å². The van der Waals surface area contributed by atoms with Gasteiger partial charge in [0, 0.05) is 17.7 Å². The van der Waals surface area contributed by atoms with E-state index in [1.54, 1.807) is 12.1 Å². The molecule has 0 amide bonds. The molecular formula is C16H25N3O2. The van der Waals surface area contributed by atoms with E-state index in [-0.39, 0.29) is 16.7 Å². The van der Waals surface area contributed by atoms with E-state index in [4.69, 9.17) is 5.73 Å². The third kappa shape index (κ3) is 3.60. The van der Waals surface area contributed by atoms with E-state index >= 15 is 0 Å². The van der Waals surface area contributed by atoms with Crippen molar-refractivity contribution in [3.63, 3.8) is 0 Å². The fourth-order valence-corrected chi connectivity index (χ4v) is 3.46. The maximum absolute atomic E-state index is 11.4. The third-order valence-electron chi connectivity index (χ3n) is 4.38. The zero-order valence-electron chi connectivity index (χ0n) is 12.7. The van der Waals surface area contributed by atoms with Gasteiger partial charge in [-0.15, -0.1) is 0 Å². The highest BCUT2D eigenvalue weighted by Gasteiger charge is 2.33. The first-order valence-electron chi connectivity index (χ1n) is 7.86. The Bertz CT molecular complexity index is 478. The van der Waals surface area contributed by atoms with Crippen LogP contribution in [-0.4, -0.2) is 29.5 Å². The summed E-state index contributed by atoms with van der Waals surface area (Å²) in [6, 6.07) is 7.21. The van der Waals surface area contributed by atoms with Crippen LogP contribution in [0.15, 0.2) is 24.3 Å². The molecule has 0 aliphatic carbocycles. The molecule has 0 aromatic heterocycles. The van der Waals surface area contributed by atoms with Gasteiger partial charge in [-0.05, 0) is 44.8 Å². The van der Waals surface area contributed by atoms with Crippen LogP contribution in [0.3, 0.4) is 0 Å². The summed E-state index contributed by atoms with van der Waals surface area (Å²) in [5, 5.41) is 11.4. The lowest BCUT2D eigenvalue weighted by Crippen LogP contribution is -2.36. The summed E-state index contributed by atoms with van der Waals surface area (Å²) in [5.74, 6) is 0.292. The van der Waals surface area contributed by atoms with E-state index in [0.29, 0.717) is 12.5 Å². The van der Waals surface area contributed by atoms with Crippen LogP contribution in [0.2, 0.25) is 0 Å². The molecule has 1 saturated heterocycles. The molecule has 2 N–H and O–H groups in total. The van der Waals surface area contributed by atoms with Gasteiger partial charge in [0.15, 0.2) is 0 Å². The van der Waals surface area contributed by atoms with E-state index in [9.17, 15) is 10.1 Å².